The molecule has 1 aliphatic carbocycles. The van der Waals surface area contributed by atoms with Crippen LogP contribution in [0, 0.1) is 11.8 Å². The molecule has 136 valence electrons. The molecule has 2 aliphatic rings. The molecule has 1 saturated carbocycles. The molecule has 1 unspecified atom stereocenters. The summed E-state index contributed by atoms with van der Waals surface area (Å²) in [4.78, 5) is 22.2. The van der Waals surface area contributed by atoms with E-state index in [0.29, 0.717) is 18.3 Å². The van der Waals surface area contributed by atoms with E-state index in [4.69, 9.17) is 0 Å². The number of fused-ring (bicyclic) bond motifs is 1. The average molecular weight is 353 g/mol. The number of nitrogens with zero attached hydrogens (tertiary/aromatic N) is 3. The van der Waals surface area contributed by atoms with E-state index < -0.39 is 5.60 Å². The second-order valence-corrected chi connectivity index (χ2v) is 7.70. The fourth-order valence-corrected chi connectivity index (χ4v) is 4.55. The van der Waals surface area contributed by atoms with Crippen LogP contribution in [-0.4, -0.2) is 56.1 Å². The highest BCUT2D eigenvalue weighted by atomic mass is 16.3. The number of hydrogen-bond donors (Lipinski definition) is 2. The molecule has 2 N–H and O–H groups in total. The van der Waals surface area contributed by atoms with E-state index in [1.165, 1.54) is 18.0 Å². The van der Waals surface area contributed by atoms with Gasteiger partial charge in [0.2, 0.25) is 5.78 Å². The summed E-state index contributed by atoms with van der Waals surface area (Å²) >= 11 is 0. The Morgan fingerprint density at radius 1 is 1.12 bits per heavy atom. The van der Waals surface area contributed by atoms with Crippen LogP contribution in [0.4, 0.5) is 0 Å². The summed E-state index contributed by atoms with van der Waals surface area (Å²) < 4.78 is 0. The number of ketones is 1. The van der Waals surface area contributed by atoms with E-state index in [9.17, 15) is 15.0 Å². The van der Waals surface area contributed by atoms with E-state index >= 15 is 0 Å². The minimum absolute atomic E-state index is 0.0463. The molecule has 0 radical (unpaired) electrons. The molecule has 4 rings (SSSR count). The zero-order valence-electron chi connectivity index (χ0n) is 14.6. The summed E-state index contributed by atoms with van der Waals surface area (Å²) in [7, 11) is 0. The molecule has 2 fully saturated rings. The first-order valence-electron chi connectivity index (χ1n) is 9.04. The Bertz CT molecular complexity index is 765. The Kier molecular flexibility index (Phi) is 4.46. The number of likely N-dealkylation sites (tertiary alicyclic amines) is 1. The smallest absolute Gasteiger partial charge is 0.213 e. The molecular formula is C20H23N3O3. The first kappa shape index (κ1) is 17.1. The lowest BCUT2D eigenvalue weighted by Gasteiger charge is -2.25. The predicted octanol–water partition coefficient (Wildman–Crippen LogP) is 1.68. The van der Waals surface area contributed by atoms with Crippen molar-refractivity contribution in [3.05, 3.63) is 54.1 Å². The maximum atomic E-state index is 12.3. The van der Waals surface area contributed by atoms with Crippen LogP contribution in [0.3, 0.4) is 0 Å². The molecule has 1 aliphatic heterocycles. The molecule has 0 spiro atoms. The highest BCUT2D eigenvalue weighted by Crippen LogP contribution is 2.45. The zero-order valence-corrected chi connectivity index (χ0v) is 14.6. The first-order valence-corrected chi connectivity index (χ1v) is 9.04. The van der Waals surface area contributed by atoms with Gasteiger partial charge in [-0.15, -0.1) is 0 Å². The highest BCUT2D eigenvalue weighted by Gasteiger charge is 2.48. The second kappa shape index (κ2) is 6.78. The standard InChI is InChI=1S/C20H23N3O3/c24-17-9-21-19(22-10-17)18(25)13-23-11-15-7-20(26,8-16(15)12-23)6-14-4-2-1-3-5-14/h1-5,9-10,15-16,24,26H,6-8,11-13H2/t15-,16+,20?. The van der Waals surface area contributed by atoms with Gasteiger partial charge in [-0.25, -0.2) is 9.97 Å². The predicted molar refractivity (Wildman–Crippen MR) is 95.8 cm³/mol. The normalized spacial score (nSPS) is 28.2. The SMILES string of the molecule is O=C(CN1C[C@@H]2CC(O)(Cc3ccccc3)C[C@@H]2C1)c1ncc(O)cn1. The van der Waals surface area contributed by atoms with Crippen LogP contribution < -0.4 is 0 Å². The lowest BCUT2D eigenvalue weighted by Crippen LogP contribution is -2.34. The third-order valence-corrected chi connectivity index (χ3v) is 5.57. The van der Waals surface area contributed by atoms with Gasteiger partial charge in [-0.2, -0.15) is 0 Å². The molecule has 26 heavy (non-hydrogen) atoms. The van der Waals surface area contributed by atoms with Crippen molar-refractivity contribution in [3.8, 4) is 5.75 Å². The van der Waals surface area contributed by atoms with Crippen molar-refractivity contribution < 1.29 is 15.0 Å². The van der Waals surface area contributed by atoms with Crippen molar-refractivity contribution in [2.45, 2.75) is 24.9 Å². The third-order valence-electron chi connectivity index (χ3n) is 5.57. The molecule has 2 heterocycles. The molecule has 6 nitrogen and oxygen atoms in total. The van der Waals surface area contributed by atoms with Crippen LogP contribution in [0.2, 0.25) is 0 Å². The van der Waals surface area contributed by atoms with E-state index in [2.05, 4.69) is 27.0 Å². The van der Waals surface area contributed by atoms with Gasteiger partial charge in [0.1, 0.15) is 0 Å². The number of rotatable bonds is 5. The molecular weight excluding hydrogens is 330 g/mol. The maximum Gasteiger partial charge on any atom is 0.213 e. The van der Waals surface area contributed by atoms with Gasteiger partial charge in [0.15, 0.2) is 11.6 Å². The van der Waals surface area contributed by atoms with E-state index in [1.54, 1.807) is 0 Å². The first-order chi connectivity index (χ1) is 12.5. The Morgan fingerprint density at radius 3 is 2.35 bits per heavy atom. The molecule has 1 aromatic heterocycles. The quantitative estimate of drug-likeness (QED) is 0.796. The number of benzene rings is 1. The van der Waals surface area contributed by atoms with E-state index in [0.717, 1.165) is 25.9 Å². The summed E-state index contributed by atoms with van der Waals surface area (Å²) in [5.41, 5.74) is 0.541. The number of carbonyl (C=O) groups is 1. The van der Waals surface area contributed by atoms with Gasteiger partial charge in [-0.3, -0.25) is 9.69 Å². The number of carbonyl (C=O) groups excluding carboxylic acids is 1. The third kappa shape index (κ3) is 3.61. The summed E-state index contributed by atoms with van der Waals surface area (Å²) in [5.74, 6) is 0.814. The molecule has 3 atom stereocenters. The molecule has 2 aromatic rings. The fourth-order valence-electron chi connectivity index (χ4n) is 4.55. The number of Topliss-reactive ketones (excluding diaryl/α,β-unsaturated/α-hetero) is 1. The monoisotopic (exact) mass is 353 g/mol. The van der Waals surface area contributed by atoms with Crippen LogP contribution in [0.15, 0.2) is 42.7 Å². The Morgan fingerprint density at radius 2 is 1.73 bits per heavy atom. The van der Waals surface area contributed by atoms with Crippen molar-refractivity contribution in [2.24, 2.45) is 11.8 Å². The molecule has 1 aromatic carbocycles. The van der Waals surface area contributed by atoms with Crippen LogP contribution in [0.1, 0.15) is 29.0 Å². The summed E-state index contributed by atoms with van der Waals surface area (Å²) in [6, 6.07) is 10.1. The lowest BCUT2D eigenvalue weighted by atomic mass is 9.91. The van der Waals surface area contributed by atoms with Crippen LogP contribution >= 0.6 is 0 Å². The second-order valence-electron chi connectivity index (χ2n) is 7.70. The minimum Gasteiger partial charge on any atom is -0.505 e. The zero-order chi connectivity index (χ0) is 18.1. The Labute approximate surface area is 152 Å². The number of hydrogen-bond acceptors (Lipinski definition) is 6. The number of aliphatic hydroxyl groups is 1. The largest absolute Gasteiger partial charge is 0.505 e. The molecule has 6 heteroatoms. The minimum atomic E-state index is -0.632. The van der Waals surface area contributed by atoms with Crippen molar-refractivity contribution >= 4 is 5.78 Å². The van der Waals surface area contributed by atoms with Gasteiger partial charge in [-0.1, -0.05) is 30.3 Å². The Hall–Kier alpha value is -2.31. The molecule has 0 bridgehead atoms. The van der Waals surface area contributed by atoms with Gasteiger partial charge in [0.05, 0.1) is 24.5 Å². The van der Waals surface area contributed by atoms with Gasteiger partial charge in [0, 0.05) is 19.5 Å². The fraction of sp³-hybridized carbons (Fsp3) is 0.450. The van der Waals surface area contributed by atoms with Crippen LogP contribution in [-0.2, 0) is 6.42 Å². The van der Waals surface area contributed by atoms with Crippen LogP contribution in [0.25, 0.3) is 0 Å². The van der Waals surface area contributed by atoms with Gasteiger partial charge >= 0.3 is 0 Å². The van der Waals surface area contributed by atoms with Crippen molar-refractivity contribution in [1.29, 1.82) is 0 Å². The van der Waals surface area contributed by atoms with Crippen molar-refractivity contribution in [1.82, 2.24) is 14.9 Å². The summed E-state index contributed by atoms with van der Waals surface area (Å²) in [6.45, 7) is 1.94. The summed E-state index contributed by atoms with van der Waals surface area (Å²) in [6.07, 6.45) is 4.74. The van der Waals surface area contributed by atoms with Crippen LogP contribution in [0.5, 0.6) is 5.75 Å². The molecule has 0 amide bonds. The van der Waals surface area contributed by atoms with Gasteiger partial charge in [-0.05, 0) is 30.2 Å². The van der Waals surface area contributed by atoms with Gasteiger partial charge < -0.3 is 10.2 Å². The van der Waals surface area contributed by atoms with Crippen molar-refractivity contribution in [2.75, 3.05) is 19.6 Å². The molecule has 1 saturated heterocycles. The van der Waals surface area contributed by atoms with Gasteiger partial charge in [0.25, 0.3) is 0 Å². The van der Waals surface area contributed by atoms with Crippen molar-refractivity contribution in [3.63, 3.8) is 0 Å². The number of aromatic hydroxyl groups is 1. The average Bonchev–Trinajstić information content (AvgIpc) is 3.10. The van der Waals surface area contributed by atoms with E-state index in [-0.39, 0.29) is 23.9 Å². The van der Waals surface area contributed by atoms with E-state index in [1.807, 2.05) is 18.2 Å². The topological polar surface area (TPSA) is 86.6 Å². The highest BCUT2D eigenvalue weighted by molar-refractivity contribution is 5.94. The lowest BCUT2D eigenvalue weighted by molar-refractivity contribution is 0.0355. The maximum absolute atomic E-state index is 12.3. The summed E-state index contributed by atoms with van der Waals surface area (Å²) in [5, 5.41) is 20.2. The Balaban J connectivity index is 1.33. The number of aromatic nitrogens is 2.